The van der Waals surface area contributed by atoms with E-state index in [1.165, 1.54) is 0 Å². The van der Waals surface area contributed by atoms with Crippen molar-refractivity contribution in [2.75, 3.05) is 5.88 Å². The molecule has 0 bridgehead atoms. The molecule has 33 heavy (non-hydrogen) atoms. The van der Waals surface area contributed by atoms with Crippen LogP contribution in [-0.4, -0.2) is 21.5 Å². The molecule has 0 radical (unpaired) electrons. The average Bonchev–Trinajstić information content (AvgIpc) is 3.34. The van der Waals surface area contributed by atoms with Crippen molar-refractivity contribution >= 4 is 45.8 Å². The second kappa shape index (κ2) is 14.7. The number of alkyl halides is 1. The highest BCUT2D eigenvalue weighted by atomic mass is 35.5. The Labute approximate surface area is 206 Å². The van der Waals surface area contributed by atoms with Crippen LogP contribution in [0.3, 0.4) is 0 Å². The van der Waals surface area contributed by atoms with Gasteiger partial charge in [-0.1, -0.05) is 43.0 Å². The topological polar surface area (TPSA) is 42.2 Å². The average molecular weight is 490 g/mol. The molecule has 0 fully saturated rings. The molecule has 0 spiro atoms. The highest BCUT2D eigenvalue weighted by Crippen LogP contribution is 2.47. The van der Waals surface area contributed by atoms with Crippen molar-refractivity contribution in [3.05, 3.63) is 58.9 Å². The minimum atomic E-state index is -0.787. The number of benzene rings is 1. The van der Waals surface area contributed by atoms with Gasteiger partial charge < -0.3 is 9.67 Å². The normalized spacial score (nSPS) is 15.3. The number of rotatable bonds is 7. The SMILES string of the molecule is C#C.C/C=C/Sc1c2n(c3cc(F)cc(/C(=C/C)CC)c13)CCC2CC(=O)O.C/C=C\CCl. The van der Waals surface area contributed by atoms with E-state index in [2.05, 4.69) is 24.3 Å². The molecule has 1 unspecified atom stereocenters. The van der Waals surface area contributed by atoms with E-state index in [9.17, 15) is 14.3 Å². The Morgan fingerprint density at radius 2 is 2.00 bits per heavy atom. The van der Waals surface area contributed by atoms with Gasteiger partial charge in [0.05, 0.1) is 11.9 Å². The molecule has 3 rings (SSSR count). The van der Waals surface area contributed by atoms with Crippen molar-refractivity contribution < 1.29 is 14.3 Å². The third-order valence-corrected chi connectivity index (χ3v) is 6.59. The number of aromatic nitrogens is 1. The largest absolute Gasteiger partial charge is 0.481 e. The Morgan fingerprint density at radius 1 is 1.30 bits per heavy atom. The molecule has 0 saturated heterocycles. The molecule has 1 aromatic carbocycles. The number of fused-ring (bicyclic) bond motifs is 3. The molecule has 3 nitrogen and oxygen atoms in total. The molecule has 6 heteroatoms. The number of carboxylic acid groups (broad SMARTS) is 1. The second-order valence-electron chi connectivity index (χ2n) is 7.28. The van der Waals surface area contributed by atoms with Crippen molar-refractivity contribution in [3.63, 3.8) is 0 Å². The van der Waals surface area contributed by atoms with Crippen LogP contribution in [-0.2, 0) is 11.3 Å². The summed E-state index contributed by atoms with van der Waals surface area (Å²) >= 11 is 6.82. The fourth-order valence-electron chi connectivity index (χ4n) is 4.05. The van der Waals surface area contributed by atoms with Crippen LogP contribution in [0, 0.1) is 18.7 Å². The zero-order valence-corrected chi connectivity index (χ0v) is 21.3. The van der Waals surface area contributed by atoms with E-state index in [0.29, 0.717) is 5.88 Å². The summed E-state index contributed by atoms with van der Waals surface area (Å²) in [6, 6.07) is 3.21. The van der Waals surface area contributed by atoms with Crippen LogP contribution < -0.4 is 0 Å². The lowest BCUT2D eigenvalue weighted by molar-refractivity contribution is -0.137. The molecular formula is C27H33ClFNO2S. The molecule has 178 valence electrons. The number of carboxylic acids is 1. The molecule has 1 atom stereocenters. The van der Waals surface area contributed by atoms with Gasteiger partial charge in [-0.2, -0.15) is 0 Å². The van der Waals surface area contributed by atoms with E-state index < -0.39 is 5.97 Å². The van der Waals surface area contributed by atoms with Crippen molar-refractivity contribution in [3.8, 4) is 12.8 Å². The number of thioether (sulfide) groups is 1. The molecule has 0 aliphatic carbocycles. The van der Waals surface area contributed by atoms with Gasteiger partial charge in [0.2, 0.25) is 0 Å². The van der Waals surface area contributed by atoms with E-state index >= 15 is 0 Å². The van der Waals surface area contributed by atoms with Crippen LogP contribution in [0.15, 0.2) is 46.7 Å². The second-order valence-corrected chi connectivity index (χ2v) is 8.50. The molecule has 1 N–H and O–H groups in total. The van der Waals surface area contributed by atoms with Crippen molar-refractivity contribution in [2.45, 2.75) is 64.3 Å². The van der Waals surface area contributed by atoms with Gasteiger partial charge in [0.15, 0.2) is 0 Å². The Hall–Kier alpha value is -2.42. The van der Waals surface area contributed by atoms with Crippen LogP contribution in [0.4, 0.5) is 4.39 Å². The molecule has 1 aromatic heterocycles. The Kier molecular flexibility index (Phi) is 12.7. The van der Waals surface area contributed by atoms with Gasteiger partial charge in [-0.05, 0) is 62.3 Å². The molecule has 1 aliphatic rings. The van der Waals surface area contributed by atoms with Gasteiger partial charge in [0.1, 0.15) is 5.82 Å². The van der Waals surface area contributed by atoms with Crippen molar-refractivity contribution in [2.24, 2.45) is 0 Å². The van der Waals surface area contributed by atoms with E-state index in [4.69, 9.17) is 11.6 Å². The summed E-state index contributed by atoms with van der Waals surface area (Å²) in [5, 5.41) is 12.4. The predicted molar refractivity (Wildman–Crippen MR) is 142 cm³/mol. The van der Waals surface area contributed by atoms with Crippen LogP contribution >= 0.6 is 23.4 Å². The van der Waals surface area contributed by atoms with E-state index in [1.807, 2.05) is 50.5 Å². The van der Waals surface area contributed by atoms with Crippen LogP contribution in [0.2, 0.25) is 0 Å². The van der Waals surface area contributed by atoms with Crippen LogP contribution in [0.1, 0.15) is 64.1 Å². The number of allylic oxidation sites excluding steroid dienone is 5. The zero-order valence-electron chi connectivity index (χ0n) is 19.8. The summed E-state index contributed by atoms with van der Waals surface area (Å²) in [5.74, 6) is -0.426. The molecule has 2 aromatic rings. The van der Waals surface area contributed by atoms with Gasteiger partial charge in [-0.3, -0.25) is 4.79 Å². The third-order valence-electron chi connectivity index (χ3n) is 5.35. The van der Waals surface area contributed by atoms with Crippen LogP contribution in [0.25, 0.3) is 16.5 Å². The van der Waals surface area contributed by atoms with E-state index in [-0.39, 0.29) is 18.2 Å². The van der Waals surface area contributed by atoms with Gasteiger partial charge in [-0.15, -0.1) is 24.4 Å². The predicted octanol–water partition coefficient (Wildman–Crippen LogP) is 8.23. The summed E-state index contributed by atoms with van der Waals surface area (Å²) in [6.07, 6.45) is 17.5. The van der Waals surface area contributed by atoms with Crippen molar-refractivity contribution in [1.82, 2.24) is 4.57 Å². The summed E-state index contributed by atoms with van der Waals surface area (Å²) in [6.45, 7) is 8.69. The molecule has 2 heterocycles. The lowest BCUT2D eigenvalue weighted by atomic mass is 9.96. The molecular weight excluding hydrogens is 457 g/mol. The first-order valence-electron chi connectivity index (χ1n) is 10.9. The van der Waals surface area contributed by atoms with Crippen LogP contribution in [0.5, 0.6) is 0 Å². The molecule has 0 saturated carbocycles. The Morgan fingerprint density at radius 3 is 2.48 bits per heavy atom. The number of aryl methyl sites for hydroxylation is 1. The fourth-order valence-corrected chi connectivity index (χ4v) is 5.23. The Bertz CT molecular complexity index is 1050. The highest BCUT2D eigenvalue weighted by Gasteiger charge is 2.32. The third kappa shape index (κ3) is 7.03. The minimum absolute atomic E-state index is 0.0285. The number of nitrogens with zero attached hydrogens (tertiary/aromatic N) is 1. The number of aliphatic carboxylic acids is 1. The highest BCUT2D eigenvalue weighted by molar-refractivity contribution is 8.02. The number of carbonyl (C=O) groups is 1. The summed E-state index contributed by atoms with van der Waals surface area (Å²) in [4.78, 5) is 12.4. The zero-order chi connectivity index (χ0) is 25.0. The maximum atomic E-state index is 14.4. The van der Waals surface area contributed by atoms with Crippen molar-refractivity contribution in [1.29, 1.82) is 0 Å². The Balaban J connectivity index is 0.000000689. The standard InChI is InChI=1S/C21H24FNO2S.C4H7Cl.C2H2/c1-4-9-26-21-19-16(13(5-2)6-3)11-15(22)12-17(19)23-8-7-14(20(21)23)10-18(24)25;1-2-3-4-5;1-2/h4-5,9,11-12,14H,6-8,10H2,1-3H3,(H,24,25);2-3H,4H2,1H3;1-2H/b9-4+,13-5+;3-2-;. The van der Waals surface area contributed by atoms with E-state index in [1.54, 1.807) is 23.9 Å². The molecule has 1 aliphatic heterocycles. The number of hydrogen-bond acceptors (Lipinski definition) is 2. The number of hydrogen-bond donors (Lipinski definition) is 1. The maximum Gasteiger partial charge on any atom is 0.304 e. The first-order valence-corrected chi connectivity index (χ1v) is 12.4. The fraction of sp³-hybridized carbons (Fsp3) is 0.370. The van der Waals surface area contributed by atoms with Gasteiger partial charge >= 0.3 is 5.97 Å². The monoisotopic (exact) mass is 489 g/mol. The number of terminal acetylenes is 1. The first kappa shape index (κ1) is 28.6. The lowest BCUT2D eigenvalue weighted by Crippen LogP contribution is -2.04. The maximum absolute atomic E-state index is 14.4. The summed E-state index contributed by atoms with van der Waals surface area (Å²) < 4.78 is 16.5. The van der Waals surface area contributed by atoms with E-state index in [0.717, 1.165) is 52.0 Å². The first-order chi connectivity index (χ1) is 15.9. The molecule has 0 amide bonds. The summed E-state index contributed by atoms with van der Waals surface area (Å²) in [7, 11) is 0. The minimum Gasteiger partial charge on any atom is -0.481 e. The van der Waals surface area contributed by atoms with Gasteiger partial charge in [-0.25, -0.2) is 4.39 Å². The van der Waals surface area contributed by atoms with Gasteiger partial charge in [0.25, 0.3) is 0 Å². The lowest BCUT2D eigenvalue weighted by Gasteiger charge is -2.12. The number of halogens is 2. The van der Waals surface area contributed by atoms with Gasteiger partial charge in [0, 0.05) is 34.3 Å². The smallest absolute Gasteiger partial charge is 0.304 e. The quantitative estimate of drug-likeness (QED) is 0.184. The summed E-state index contributed by atoms with van der Waals surface area (Å²) in [5.41, 5.74) is 3.95.